The number of phenolic OH excluding ortho intramolecular Hbond substituents is 1. The standard InChI is InChI=1S/C12H16FNO3/c1-8(5-6-17-2)14-12(16)10-4-3-9(15)7-11(10)13/h3-4,7-8,15H,5-6H2,1-2H3,(H,14,16). The summed E-state index contributed by atoms with van der Waals surface area (Å²) in [5.74, 6) is -1.43. The van der Waals surface area contributed by atoms with Gasteiger partial charge in [0.2, 0.25) is 0 Å². The number of phenols is 1. The molecule has 0 spiro atoms. The monoisotopic (exact) mass is 241 g/mol. The van der Waals surface area contributed by atoms with Gasteiger partial charge in [-0.1, -0.05) is 0 Å². The van der Waals surface area contributed by atoms with E-state index < -0.39 is 11.7 Å². The molecule has 0 bridgehead atoms. The van der Waals surface area contributed by atoms with E-state index in [2.05, 4.69) is 5.32 Å². The molecule has 1 rings (SSSR count). The largest absolute Gasteiger partial charge is 0.508 e. The highest BCUT2D eigenvalue weighted by Crippen LogP contribution is 2.15. The van der Waals surface area contributed by atoms with Crippen molar-refractivity contribution < 1.29 is 19.0 Å². The molecule has 1 atom stereocenters. The first kappa shape index (κ1) is 13.4. The van der Waals surface area contributed by atoms with E-state index in [0.717, 1.165) is 6.07 Å². The normalized spacial score (nSPS) is 12.2. The second-order valence-electron chi connectivity index (χ2n) is 3.82. The minimum absolute atomic E-state index is 0.0768. The zero-order valence-electron chi connectivity index (χ0n) is 9.87. The molecule has 0 saturated heterocycles. The van der Waals surface area contributed by atoms with Gasteiger partial charge < -0.3 is 15.2 Å². The third-order valence-corrected chi connectivity index (χ3v) is 2.33. The van der Waals surface area contributed by atoms with Crippen LogP contribution in [0.25, 0.3) is 0 Å². The number of methoxy groups -OCH3 is 1. The van der Waals surface area contributed by atoms with Gasteiger partial charge in [0.15, 0.2) is 0 Å². The Balaban J connectivity index is 2.63. The van der Waals surface area contributed by atoms with E-state index in [1.165, 1.54) is 12.1 Å². The Morgan fingerprint density at radius 2 is 2.29 bits per heavy atom. The number of carbonyl (C=O) groups excluding carboxylic acids is 1. The first-order valence-corrected chi connectivity index (χ1v) is 5.33. The van der Waals surface area contributed by atoms with Crippen LogP contribution in [0.3, 0.4) is 0 Å². The first-order valence-electron chi connectivity index (χ1n) is 5.33. The Labute approximate surface area is 99.4 Å². The fourth-order valence-corrected chi connectivity index (χ4v) is 1.36. The van der Waals surface area contributed by atoms with Crippen molar-refractivity contribution >= 4 is 5.91 Å². The zero-order chi connectivity index (χ0) is 12.8. The fourth-order valence-electron chi connectivity index (χ4n) is 1.36. The minimum atomic E-state index is -0.735. The van der Waals surface area contributed by atoms with Gasteiger partial charge in [-0.05, 0) is 25.5 Å². The molecule has 0 aliphatic heterocycles. The lowest BCUT2D eigenvalue weighted by molar-refractivity contribution is 0.0925. The Bertz CT molecular complexity index is 395. The van der Waals surface area contributed by atoms with Gasteiger partial charge in [0.05, 0.1) is 5.56 Å². The maximum atomic E-state index is 13.4. The lowest BCUT2D eigenvalue weighted by Crippen LogP contribution is -2.33. The molecule has 0 aromatic heterocycles. The molecular formula is C12H16FNO3. The molecule has 1 aromatic carbocycles. The van der Waals surface area contributed by atoms with Gasteiger partial charge in [-0.15, -0.1) is 0 Å². The van der Waals surface area contributed by atoms with Crippen molar-refractivity contribution in [3.05, 3.63) is 29.6 Å². The third-order valence-electron chi connectivity index (χ3n) is 2.33. The molecule has 1 amide bonds. The number of benzene rings is 1. The number of ether oxygens (including phenoxy) is 1. The molecule has 0 fully saturated rings. The summed E-state index contributed by atoms with van der Waals surface area (Å²) in [4.78, 5) is 11.7. The maximum absolute atomic E-state index is 13.4. The summed E-state index contributed by atoms with van der Waals surface area (Å²) in [5.41, 5.74) is -0.0768. The summed E-state index contributed by atoms with van der Waals surface area (Å²) in [6, 6.07) is 3.34. The maximum Gasteiger partial charge on any atom is 0.254 e. The zero-order valence-corrected chi connectivity index (χ0v) is 9.87. The molecular weight excluding hydrogens is 225 g/mol. The van der Waals surface area contributed by atoms with Gasteiger partial charge in [0, 0.05) is 25.8 Å². The molecule has 1 aromatic rings. The highest BCUT2D eigenvalue weighted by Gasteiger charge is 2.14. The number of amides is 1. The van der Waals surface area contributed by atoms with E-state index in [9.17, 15) is 9.18 Å². The number of hydrogen-bond acceptors (Lipinski definition) is 3. The summed E-state index contributed by atoms with van der Waals surface area (Å²) < 4.78 is 18.2. The average Bonchev–Trinajstić information content (AvgIpc) is 2.26. The summed E-state index contributed by atoms with van der Waals surface area (Å²) in [7, 11) is 1.58. The van der Waals surface area contributed by atoms with Crippen molar-refractivity contribution in [2.24, 2.45) is 0 Å². The van der Waals surface area contributed by atoms with E-state index >= 15 is 0 Å². The number of rotatable bonds is 5. The minimum Gasteiger partial charge on any atom is -0.508 e. The topological polar surface area (TPSA) is 58.6 Å². The lowest BCUT2D eigenvalue weighted by Gasteiger charge is -2.13. The van der Waals surface area contributed by atoms with Gasteiger partial charge in [-0.2, -0.15) is 0 Å². The SMILES string of the molecule is COCCC(C)NC(=O)c1ccc(O)cc1F. The van der Waals surface area contributed by atoms with Gasteiger partial charge in [0.25, 0.3) is 5.91 Å². The van der Waals surface area contributed by atoms with E-state index in [4.69, 9.17) is 9.84 Å². The molecule has 1 unspecified atom stereocenters. The molecule has 4 nitrogen and oxygen atoms in total. The average molecular weight is 241 g/mol. The van der Waals surface area contributed by atoms with Gasteiger partial charge >= 0.3 is 0 Å². The summed E-state index contributed by atoms with van der Waals surface area (Å²) in [6.45, 7) is 2.34. The van der Waals surface area contributed by atoms with Crippen LogP contribution < -0.4 is 5.32 Å². The number of carbonyl (C=O) groups is 1. The van der Waals surface area contributed by atoms with E-state index in [1.54, 1.807) is 7.11 Å². The van der Waals surface area contributed by atoms with Crippen molar-refractivity contribution in [3.8, 4) is 5.75 Å². The second kappa shape index (κ2) is 6.20. The molecule has 0 heterocycles. The highest BCUT2D eigenvalue weighted by molar-refractivity contribution is 5.94. The van der Waals surface area contributed by atoms with Crippen molar-refractivity contribution in [3.63, 3.8) is 0 Å². The lowest BCUT2D eigenvalue weighted by atomic mass is 10.1. The fraction of sp³-hybridized carbons (Fsp3) is 0.417. The van der Waals surface area contributed by atoms with E-state index in [0.29, 0.717) is 13.0 Å². The quantitative estimate of drug-likeness (QED) is 0.824. The summed E-state index contributed by atoms with van der Waals surface area (Å²) >= 11 is 0. The van der Waals surface area contributed by atoms with Crippen LogP contribution in [-0.4, -0.2) is 30.8 Å². The van der Waals surface area contributed by atoms with Crippen molar-refractivity contribution in [1.82, 2.24) is 5.32 Å². The molecule has 5 heteroatoms. The molecule has 0 saturated carbocycles. The van der Waals surface area contributed by atoms with Crippen molar-refractivity contribution in [1.29, 1.82) is 0 Å². The van der Waals surface area contributed by atoms with E-state index in [1.807, 2.05) is 6.92 Å². The predicted octanol–water partition coefficient (Wildman–Crippen LogP) is 1.69. The van der Waals surface area contributed by atoms with Crippen LogP contribution >= 0.6 is 0 Å². The van der Waals surface area contributed by atoms with Crippen LogP contribution in [-0.2, 0) is 4.74 Å². The molecule has 17 heavy (non-hydrogen) atoms. The molecule has 2 N–H and O–H groups in total. The van der Waals surface area contributed by atoms with Gasteiger partial charge in [-0.25, -0.2) is 4.39 Å². The number of nitrogens with one attached hydrogen (secondary N) is 1. The third kappa shape index (κ3) is 4.03. The van der Waals surface area contributed by atoms with Crippen LogP contribution in [0.2, 0.25) is 0 Å². The Morgan fingerprint density at radius 3 is 2.88 bits per heavy atom. The van der Waals surface area contributed by atoms with Crippen molar-refractivity contribution in [2.75, 3.05) is 13.7 Å². The molecule has 0 aliphatic rings. The Kier molecular flexibility index (Phi) is 4.90. The number of hydrogen-bond donors (Lipinski definition) is 2. The van der Waals surface area contributed by atoms with Crippen molar-refractivity contribution in [2.45, 2.75) is 19.4 Å². The van der Waals surface area contributed by atoms with Crippen LogP contribution in [0.5, 0.6) is 5.75 Å². The van der Waals surface area contributed by atoms with Crippen LogP contribution in [0.4, 0.5) is 4.39 Å². The Morgan fingerprint density at radius 1 is 1.59 bits per heavy atom. The molecule has 94 valence electrons. The van der Waals surface area contributed by atoms with Crippen LogP contribution in [0.1, 0.15) is 23.7 Å². The van der Waals surface area contributed by atoms with Gasteiger partial charge in [-0.3, -0.25) is 4.79 Å². The van der Waals surface area contributed by atoms with Crippen LogP contribution in [0.15, 0.2) is 18.2 Å². The summed E-state index contributed by atoms with van der Waals surface area (Å²) in [6.07, 6.45) is 0.655. The van der Waals surface area contributed by atoms with Gasteiger partial charge in [0.1, 0.15) is 11.6 Å². The number of aromatic hydroxyl groups is 1. The summed E-state index contributed by atoms with van der Waals surface area (Å²) in [5, 5.41) is 11.7. The predicted molar refractivity (Wildman–Crippen MR) is 61.5 cm³/mol. The second-order valence-corrected chi connectivity index (χ2v) is 3.82. The first-order chi connectivity index (χ1) is 8.04. The number of halogens is 1. The Hall–Kier alpha value is -1.62. The van der Waals surface area contributed by atoms with Crippen LogP contribution in [0, 0.1) is 5.82 Å². The smallest absolute Gasteiger partial charge is 0.254 e. The molecule has 0 aliphatic carbocycles. The highest BCUT2D eigenvalue weighted by atomic mass is 19.1. The van der Waals surface area contributed by atoms with E-state index in [-0.39, 0.29) is 17.4 Å². The molecule has 0 radical (unpaired) electrons.